The number of carbonyl (C=O) groups is 1. The number of amides is 1. The van der Waals surface area contributed by atoms with Crippen LogP contribution in [0.2, 0.25) is 0 Å². The Morgan fingerprint density at radius 2 is 2.03 bits per heavy atom. The van der Waals surface area contributed by atoms with Gasteiger partial charge in [0, 0.05) is 30.0 Å². The first-order valence-electron chi connectivity index (χ1n) is 9.69. The van der Waals surface area contributed by atoms with E-state index in [4.69, 9.17) is 0 Å². The van der Waals surface area contributed by atoms with Crippen LogP contribution in [-0.4, -0.2) is 32.4 Å². The molecule has 0 atom stereocenters. The molecule has 1 aromatic carbocycles. The highest BCUT2D eigenvalue weighted by atomic mass is 19.3. The Kier molecular flexibility index (Phi) is 5.53. The van der Waals surface area contributed by atoms with Gasteiger partial charge in [-0.05, 0) is 55.9 Å². The summed E-state index contributed by atoms with van der Waals surface area (Å²) in [5.41, 5.74) is 0.423. The van der Waals surface area contributed by atoms with Crippen LogP contribution >= 0.6 is 0 Å². The fourth-order valence-corrected chi connectivity index (χ4v) is 3.86. The number of alkyl halides is 2. The molecule has 0 bridgehead atoms. The lowest BCUT2D eigenvalue weighted by Gasteiger charge is -2.27. The van der Waals surface area contributed by atoms with Crippen LogP contribution in [0.15, 0.2) is 42.7 Å². The van der Waals surface area contributed by atoms with E-state index in [2.05, 4.69) is 15.4 Å². The van der Waals surface area contributed by atoms with Gasteiger partial charge in [0.25, 0.3) is 12.3 Å². The van der Waals surface area contributed by atoms with Gasteiger partial charge >= 0.3 is 0 Å². The lowest BCUT2D eigenvalue weighted by atomic mass is 9.87. The molecule has 1 fully saturated rings. The third-order valence-corrected chi connectivity index (χ3v) is 5.52. The number of hydrogen-bond acceptors (Lipinski definition) is 4. The van der Waals surface area contributed by atoms with E-state index in [0.29, 0.717) is 16.8 Å². The van der Waals surface area contributed by atoms with E-state index in [0.717, 1.165) is 25.7 Å². The molecule has 1 aliphatic rings. The van der Waals surface area contributed by atoms with E-state index in [1.807, 2.05) is 10.9 Å². The minimum atomic E-state index is -2.75. The third-order valence-electron chi connectivity index (χ3n) is 5.52. The highest BCUT2D eigenvalue weighted by Crippen LogP contribution is 2.35. The van der Waals surface area contributed by atoms with Crippen molar-refractivity contribution >= 4 is 22.5 Å². The van der Waals surface area contributed by atoms with E-state index >= 15 is 0 Å². The number of hydrogen-bond donors (Lipinski definition) is 2. The standard InChI is InChI=1S/C21H22F2N4O2/c22-20(23)16-10-18-14(9-19(16)25-21(29)17-3-1-2-8-24-17)11-27(26-18)15-6-4-13(12-28)5-7-15/h1-3,8-11,13,15,20,28H,4-7,12H2,(H,25,29). The van der Waals surface area contributed by atoms with Crippen molar-refractivity contribution in [1.82, 2.24) is 14.8 Å². The summed E-state index contributed by atoms with van der Waals surface area (Å²) in [4.78, 5) is 16.3. The SMILES string of the molecule is O=C(Nc1cc2cn(C3CCC(CO)CC3)nc2cc1C(F)F)c1ccccn1. The van der Waals surface area contributed by atoms with Gasteiger partial charge in [0.15, 0.2) is 0 Å². The molecule has 0 radical (unpaired) electrons. The normalized spacial score (nSPS) is 19.6. The highest BCUT2D eigenvalue weighted by Gasteiger charge is 2.24. The van der Waals surface area contributed by atoms with Crippen molar-refractivity contribution in [2.45, 2.75) is 38.2 Å². The number of nitrogens with one attached hydrogen (secondary N) is 1. The summed E-state index contributed by atoms with van der Waals surface area (Å²) >= 11 is 0. The Bertz CT molecular complexity index is 999. The van der Waals surface area contributed by atoms with Gasteiger partial charge in [-0.25, -0.2) is 8.78 Å². The number of fused-ring (bicyclic) bond motifs is 1. The minimum absolute atomic E-state index is 0.0618. The summed E-state index contributed by atoms with van der Waals surface area (Å²) in [6.07, 6.45) is 4.19. The number of rotatable bonds is 5. The monoisotopic (exact) mass is 400 g/mol. The summed E-state index contributed by atoms with van der Waals surface area (Å²) in [6.45, 7) is 0.199. The molecule has 1 aliphatic carbocycles. The van der Waals surface area contributed by atoms with Gasteiger partial charge in [-0.15, -0.1) is 0 Å². The largest absolute Gasteiger partial charge is 0.396 e. The molecule has 2 N–H and O–H groups in total. The molecule has 0 saturated heterocycles. The fraction of sp³-hybridized carbons (Fsp3) is 0.381. The van der Waals surface area contributed by atoms with Crippen LogP contribution in [0.5, 0.6) is 0 Å². The van der Waals surface area contributed by atoms with E-state index in [-0.39, 0.29) is 29.6 Å². The summed E-state index contributed by atoms with van der Waals surface area (Å²) in [6, 6.07) is 7.93. The Morgan fingerprint density at radius 3 is 2.69 bits per heavy atom. The number of aromatic nitrogens is 3. The van der Waals surface area contributed by atoms with Gasteiger partial charge in [0.05, 0.1) is 17.2 Å². The van der Waals surface area contributed by atoms with Crippen molar-refractivity contribution in [2.24, 2.45) is 5.92 Å². The topological polar surface area (TPSA) is 80.0 Å². The number of aliphatic hydroxyl groups is 1. The second kappa shape index (κ2) is 8.24. The van der Waals surface area contributed by atoms with Crippen LogP contribution in [0.3, 0.4) is 0 Å². The van der Waals surface area contributed by atoms with Crippen LogP contribution in [0.4, 0.5) is 14.5 Å². The predicted molar refractivity (Wildman–Crippen MR) is 105 cm³/mol. The smallest absolute Gasteiger partial charge is 0.274 e. The van der Waals surface area contributed by atoms with Gasteiger partial charge in [-0.3, -0.25) is 14.5 Å². The predicted octanol–water partition coefficient (Wildman–Crippen LogP) is 4.34. The molecule has 2 aromatic heterocycles. The molecule has 0 unspecified atom stereocenters. The molecule has 6 nitrogen and oxygen atoms in total. The van der Waals surface area contributed by atoms with Gasteiger partial charge in [0.1, 0.15) is 5.69 Å². The molecule has 2 heterocycles. The van der Waals surface area contributed by atoms with E-state index < -0.39 is 12.3 Å². The number of benzene rings is 1. The second-order valence-electron chi connectivity index (χ2n) is 7.43. The zero-order valence-corrected chi connectivity index (χ0v) is 15.8. The quantitative estimate of drug-likeness (QED) is 0.668. The zero-order chi connectivity index (χ0) is 20.4. The molecule has 1 saturated carbocycles. The van der Waals surface area contributed by atoms with Crippen LogP contribution in [0, 0.1) is 5.92 Å². The maximum atomic E-state index is 13.6. The zero-order valence-electron chi connectivity index (χ0n) is 15.8. The summed E-state index contributed by atoms with van der Waals surface area (Å²) in [5, 5.41) is 17.0. The molecule has 0 spiro atoms. The van der Waals surface area contributed by atoms with Crippen molar-refractivity contribution in [3.05, 3.63) is 54.0 Å². The molecule has 3 aromatic rings. The minimum Gasteiger partial charge on any atom is -0.396 e. The first-order chi connectivity index (χ1) is 14.0. The van der Waals surface area contributed by atoms with Crippen molar-refractivity contribution in [1.29, 1.82) is 0 Å². The Balaban J connectivity index is 1.62. The Labute approximate surface area is 166 Å². The maximum absolute atomic E-state index is 13.6. The number of aliphatic hydroxyl groups excluding tert-OH is 1. The van der Waals surface area contributed by atoms with Gasteiger partial charge in [0.2, 0.25) is 0 Å². The average Bonchev–Trinajstić information content (AvgIpc) is 3.16. The van der Waals surface area contributed by atoms with Gasteiger partial charge < -0.3 is 10.4 Å². The molecule has 152 valence electrons. The number of nitrogens with zero attached hydrogens (tertiary/aromatic N) is 3. The first kappa shape index (κ1) is 19.4. The molecular formula is C21H22F2N4O2. The lowest BCUT2D eigenvalue weighted by molar-refractivity contribution is 0.102. The summed E-state index contributed by atoms with van der Waals surface area (Å²) in [7, 11) is 0. The van der Waals surface area contributed by atoms with E-state index in [1.54, 1.807) is 18.2 Å². The number of carbonyl (C=O) groups excluding carboxylic acids is 1. The Morgan fingerprint density at radius 1 is 1.24 bits per heavy atom. The van der Waals surface area contributed by atoms with E-state index in [9.17, 15) is 18.7 Å². The number of halogens is 2. The van der Waals surface area contributed by atoms with Gasteiger partial charge in [-0.2, -0.15) is 5.10 Å². The number of anilines is 1. The van der Waals surface area contributed by atoms with Crippen LogP contribution < -0.4 is 5.32 Å². The van der Waals surface area contributed by atoms with Crippen molar-refractivity contribution < 1.29 is 18.7 Å². The highest BCUT2D eigenvalue weighted by molar-refractivity contribution is 6.04. The van der Waals surface area contributed by atoms with Crippen molar-refractivity contribution in [3.63, 3.8) is 0 Å². The molecular weight excluding hydrogens is 378 g/mol. The van der Waals surface area contributed by atoms with Crippen molar-refractivity contribution in [2.75, 3.05) is 11.9 Å². The van der Waals surface area contributed by atoms with Crippen molar-refractivity contribution in [3.8, 4) is 0 Å². The average molecular weight is 400 g/mol. The second-order valence-corrected chi connectivity index (χ2v) is 7.43. The number of pyridine rings is 1. The maximum Gasteiger partial charge on any atom is 0.274 e. The molecule has 29 heavy (non-hydrogen) atoms. The first-order valence-corrected chi connectivity index (χ1v) is 9.69. The molecule has 1 amide bonds. The van der Waals surface area contributed by atoms with E-state index in [1.165, 1.54) is 18.3 Å². The van der Waals surface area contributed by atoms with Crippen LogP contribution in [0.25, 0.3) is 10.9 Å². The van der Waals surface area contributed by atoms with Crippen LogP contribution in [-0.2, 0) is 0 Å². The Hall–Kier alpha value is -2.87. The third kappa shape index (κ3) is 4.12. The summed E-state index contributed by atoms with van der Waals surface area (Å²) < 4.78 is 29.1. The fourth-order valence-electron chi connectivity index (χ4n) is 3.86. The van der Waals surface area contributed by atoms with Crippen LogP contribution in [0.1, 0.15) is 54.2 Å². The molecule has 8 heteroatoms. The lowest BCUT2D eigenvalue weighted by Crippen LogP contribution is -2.20. The molecule has 0 aliphatic heterocycles. The molecule has 4 rings (SSSR count). The van der Waals surface area contributed by atoms with Gasteiger partial charge in [-0.1, -0.05) is 6.07 Å². The summed E-state index contributed by atoms with van der Waals surface area (Å²) in [5.74, 6) is -0.211.